The minimum atomic E-state index is -0.250. The van der Waals surface area contributed by atoms with Gasteiger partial charge in [0, 0.05) is 6.04 Å². The van der Waals surface area contributed by atoms with Gasteiger partial charge in [-0.1, -0.05) is 36.4 Å². The van der Waals surface area contributed by atoms with Crippen LogP contribution in [0.15, 0.2) is 53.0 Å². The summed E-state index contributed by atoms with van der Waals surface area (Å²) in [6.45, 7) is 0. The molecule has 0 radical (unpaired) electrons. The van der Waals surface area contributed by atoms with Crippen LogP contribution in [0.5, 0.6) is 0 Å². The van der Waals surface area contributed by atoms with Crippen LogP contribution in [0.3, 0.4) is 0 Å². The third kappa shape index (κ3) is 4.15. The molecular formula is C16H17BrFN. The lowest BCUT2D eigenvalue weighted by Crippen LogP contribution is -2.10. The van der Waals surface area contributed by atoms with E-state index in [0.717, 1.165) is 24.8 Å². The predicted octanol–water partition coefficient (Wildman–Crippen LogP) is 4.61. The van der Waals surface area contributed by atoms with Crippen molar-refractivity contribution in [2.75, 3.05) is 0 Å². The topological polar surface area (TPSA) is 26.0 Å². The normalized spacial score (nSPS) is 12.4. The molecule has 0 aliphatic heterocycles. The van der Waals surface area contributed by atoms with Gasteiger partial charge in [0.15, 0.2) is 0 Å². The fourth-order valence-electron chi connectivity index (χ4n) is 2.08. The van der Waals surface area contributed by atoms with Crippen LogP contribution in [-0.2, 0) is 6.42 Å². The lowest BCUT2D eigenvalue weighted by atomic mass is 10.00. The molecule has 2 rings (SSSR count). The molecule has 1 unspecified atom stereocenters. The first-order valence-electron chi connectivity index (χ1n) is 6.41. The van der Waals surface area contributed by atoms with E-state index in [-0.39, 0.29) is 11.9 Å². The minimum Gasteiger partial charge on any atom is -0.324 e. The van der Waals surface area contributed by atoms with Gasteiger partial charge in [-0.15, -0.1) is 0 Å². The maximum absolute atomic E-state index is 13.1. The molecule has 0 amide bonds. The molecule has 0 bridgehead atoms. The molecule has 0 fully saturated rings. The molecule has 100 valence electrons. The minimum absolute atomic E-state index is 0.0411. The summed E-state index contributed by atoms with van der Waals surface area (Å²) in [4.78, 5) is 0. The van der Waals surface area contributed by atoms with Gasteiger partial charge < -0.3 is 5.73 Å². The van der Waals surface area contributed by atoms with E-state index in [1.807, 2.05) is 18.2 Å². The quantitative estimate of drug-likeness (QED) is 0.855. The monoisotopic (exact) mass is 321 g/mol. The largest absolute Gasteiger partial charge is 0.324 e. The average Bonchev–Trinajstić information content (AvgIpc) is 2.43. The number of hydrogen-bond donors (Lipinski definition) is 1. The maximum atomic E-state index is 13.1. The molecule has 0 aromatic heterocycles. The summed E-state index contributed by atoms with van der Waals surface area (Å²) in [5.41, 5.74) is 8.44. The van der Waals surface area contributed by atoms with Crippen LogP contribution < -0.4 is 5.73 Å². The fourth-order valence-corrected chi connectivity index (χ4v) is 2.48. The molecule has 19 heavy (non-hydrogen) atoms. The van der Waals surface area contributed by atoms with E-state index in [2.05, 4.69) is 28.1 Å². The van der Waals surface area contributed by atoms with Crippen LogP contribution in [-0.4, -0.2) is 0 Å². The van der Waals surface area contributed by atoms with E-state index in [9.17, 15) is 4.39 Å². The number of halogens is 2. The Kier molecular flexibility index (Phi) is 5.11. The lowest BCUT2D eigenvalue weighted by molar-refractivity contribution is 0.599. The highest BCUT2D eigenvalue weighted by molar-refractivity contribution is 9.10. The molecule has 1 atom stereocenters. The average molecular weight is 322 g/mol. The summed E-state index contributed by atoms with van der Waals surface area (Å²) in [5, 5.41) is 0. The molecule has 1 nitrogen and oxygen atoms in total. The van der Waals surface area contributed by atoms with Gasteiger partial charge in [-0.3, -0.25) is 0 Å². The molecule has 2 N–H and O–H groups in total. The second-order valence-corrected chi connectivity index (χ2v) is 5.51. The van der Waals surface area contributed by atoms with Gasteiger partial charge in [0.1, 0.15) is 5.82 Å². The Morgan fingerprint density at radius 2 is 1.84 bits per heavy atom. The number of aryl methyl sites for hydroxylation is 1. The molecular weight excluding hydrogens is 305 g/mol. The Bertz CT molecular complexity index is 528. The van der Waals surface area contributed by atoms with Crippen LogP contribution in [0, 0.1) is 5.82 Å². The molecule has 2 aromatic rings. The number of hydrogen-bond acceptors (Lipinski definition) is 1. The molecule has 0 heterocycles. The first kappa shape index (κ1) is 14.2. The first-order chi connectivity index (χ1) is 9.16. The van der Waals surface area contributed by atoms with Gasteiger partial charge >= 0.3 is 0 Å². The van der Waals surface area contributed by atoms with Crippen LogP contribution in [0.4, 0.5) is 4.39 Å². The zero-order valence-corrected chi connectivity index (χ0v) is 12.2. The second kappa shape index (κ2) is 6.83. The standard InChI is InChI=1S/C16H17BrFN/c17-14-11-13(9-10-15(14)18)16(19)8-4-7-12-5-2-1-3-6-12/h1-3,5-6,9-11,16H,4,7-8,19H2. The SMILES string of the molecule is NC(CCCc1ccccc1)c1ccc(F)c(Br)c1. The van der Waals surface area contributed by atoms with Crippen molar-refractivity contribution in [1.82, 2.24) is 0 Å². The van der Waals surface area contributed by atoms with E-state index in [0.29, 0.717) is 4.47 Å². The third-order valence-electron chi connectivity index (χ3n) is 3.20. The molecule has 0 aliphatic rings. The summed E-state index contributed by atoms with van der Waals surface area (Å²) in [6.07, 6.45) is 2.95. The Morgan fingerprint density at radius 1 is 1.11 bits per heavy atom. The highest BCUT2D eigenvalue weighted by Gasteiger charge is 2.08. The molecule has 2 aromatic carbocycles. The van der Waals surface area contributed by atoms with Crippen LogP contribution >= 0.6 is 15.9 Å². The number of benzene rings is 2. The van der Waals surface area contributed by atoms with E-state index in [4.69, 9.17) is 5.73 Å². The van der Waals surface area contributed by atoms with Gasteiger partial charge in [-0.25, -0.2) is 4.39 Å². The summed E-state index contributed by atoms with van der Waals surface area (Å²) in [7, 11) is 0. The Hall–Kier alpha value is -1.19. The Balaban J connectivity index is 1.87. The van der Waals surface area contributed by atoms with Crippen molar-refractivity contribution < 1.29 is 4.39 Å². The van der Waals surface area contributed by atoms with Crippen molar-refractivity contribution in [2.45, 2.75) is 25.3 Å². The molecule has 0 spiro atoms. The van der Waals surface area contributed by atoms with Crippen molar-refractivity contribution in [3.05, 3.63) is 69.9 Å². The molecule has 3 heteroatoms. The van der Waals surface area contributed by atoms with E-state index >= 15 is 0 Å². The van der Waals surface area contributed by atoms with E-state index in [1.54, 1.807) is 12.1 Å². The highest BCUT2D eigenvalue weighted by Crippen LogP contribution is 2.23. The summed E-state index contributed by atoms with van der Waals surface area (Å²) >= 11 is 3.19. The van der Waals surface area contributed by atoms with Gasteiger partial charge in [-0.05, 0) is 58.5 Å². The zero-order valence-electron chi connectivity index (χ0n) is 10.7. The van der Waals surface area contributed by atoms with E-state index < -0.39 is 0 Å². The Labute approximate surface area is 121 Å². The van der Waals surface area contributed by atoms with Gasteiger partial charge in [0.25, 0.3) is 0 Å². The fraction of sp³-hybridized carbons (Fsp3) is 0.250. The van der Waals surface area contributed by atoms with Gasteiger partial charge in [0.05, 0.1) is 4.47 Å². The van der Waals surface area contributed by atoms with Crippen molar-refractivity contribution in [3.8, 4) is 0 Å². The first-order valence-corrected chi connectivity index (χ1v) is 7.20. The van der Waals surface area contributed by atoms with Crippen molar-refractivity contribution in [2.24, 2.45) is 5.73 Å². The van der Waals surface area contributed by atoms with Crippen molar-refractivity contribution in [3.63, 3.8) is 0 Å². The van der Waals surface area contributed by atoms with Crippen molar-refractivity contribution in [1.29, 1.82) is 0 Å². The summed E-state index contributed by atoms with van der Waals surface area (Å²) in [6, 6.07) is 15.3. The lowest BCUT2D eigenvalue weighted by Gasteiger charge is -2.12. The Morgan fingerprint density at radius 3 is 2.53 bits per heavy atom. The smallest absolute Gasteiger partial charge is 0.137 e. The summed E-state index contributed by atoms with van der Waals surface area (Å²) in [5.74, 6) is -0.250. The number of rotatable bonds is 5. The molecule has 0 saturated heterocycles. The van der Waals surface area contributed by atoms with Crippen molar-refractivity contribution >= 4 is 15.9 Å². The zero-order chi connectivity index (χ0) is 13.7. The van der Waals surface area contributed by atoms with Crippen LogP contribution in [0.25, 0.3) is 0 Å². The van der Waals surface area contributed by atoms with Gasteiger partial charge in [-0.2, -0.15) is 0 Å². The van der Waals surface area contributed by atoms with Crippen LogP contribution in [0.2, 0.25) is 0 Å². The predicted molar refractivity (Wildman–Crippen MR) is 80.4 cm³/mol. The highest BCUT2D eigenvalue weighted by atomic mass is 79.9. The van der Waals surface area contributed by atoms with Gasteiger partial charge in [0.2, 0.25) is 0 Å². The number of nitrogens with two attached hydrogens (primary N) is 1. The summed E-state index contributed by atoms with van der Waals surface area (Å²) < 4.78 is 13.6. The van der Waals surface area contributed by atoms with E-state index in [1.165, 1.54) is 11.6 Å². The second-order valence-electron chi connectivity index (χ2n) is 4.66. The molecule has 0 aliphatic carbocycles. The molecule has 0 saturated carbocycles. The maximum Gasteiger partial charge on any atom is 0.137 e. The van der Waals surface area contributed by atoms with Crippen LogP contribution in [0.1, 0.15) is 30.0 Å². The third-order valence-corrected chi connectivity index (χ3v) is 3.80.